The van der Waals surface area contributed by atoms with Crippen molar-refractivity contribution in [2.45, 2.75) is 0 Å². The van der Waals surface area contributed by atoms with Crippen LogP contribution in [0.3, 0.4) is 0 Å². The van der Waals surface area contributed by atoms with E-state index in [9.17, 15) is 0 Å². The minimum atomic E-state index is 1.04. The Morgan fingerprint density at radius 1 is 0.824 bits per heavy atom. The van der Waals surface area contributed by atoms with Gasteiger partial charge >= 0.3 is 0 Å². The second-order valence-electron chi connectivity index (χ2n) is 3.92. The number of fused-ring (bicyclic) bond motifs is 1. The fourth-order valence-corrected chi connectivity index (χ4v) is 2.23. The van der Waals surface area contributed by atoms with Crippen molar-refractivity contribution < 1.29 is 0 Å². The molecule has 0 N–H and O–H groups in total. The first kappa shape index (κ1) is 10.7. The van der Waals surface area contributed by atoms with Crippen molar-refractivity contribution in [3.05, 3.63) is 64.4 Å². The van der Waals surface area contributed by atoms with Crippen LogP contribution in [0, 0.1) is 3.57 Å². The van der Waals surface area contributed by atoms with Crippen LogP contribution < -0.4 is 0 Å². The van der Waals surface area contributed by atoms with Crippen LogP contribution in [0.4, 0.5) is 0 Å². The summed E-state index contributed by atoms with van der Waals surface area (Å²) in [5, 5.41) is 1.18. The number of nitrogens with zero attached hydrogens (tertiary/aromatic N) is 1. The van der Waals surface area contributed by atoms with Crippen molar-refractivity contribution in [2.75, 3.05) is 0 Å². The zero-order chi connectivity index (χ0) is 11.7. The van der Waals surface area contributed by atoms with E-state index in [1.807, 2.05) is 24.4 Å². The third kappa shape index (κ3) is 2.17. The molecule has 2 aromatic carbocycles. The van der Waals surface area contributed by atoms with Gasteiger partial charge in [-0.25, -0.2) is 0 Å². The molecule has 0 aliphatic rings. The van der Waals surface area contributed by atoms with Gasteiger partial charge in [0.2, 0.25) is 0 Å². The van der Waals surface area contributed by atoms with Gasteiger partial charge in [-0.05, 0) is 52.4 Å². The lowest BCUT2D eigenvalue weighted by atomic mass is 10.1. The number of pyridine rings is 1. The van der Waals surface area contributed by atoms with Crippen molar-refractivity contribution in [2.24, 2.45) is 0 Å². The zero-order valence-corrected chi connectivity index (χ0v) is 11.3. The van der Waals surface area contributed by atoms with E-state index in [2.05, 4.69) is 64.0 Å². The molecule has 0 bridgehead atoms. The van der Waals surface area contributed by atoms with Crippen LogP contribution >= 0.6 is 22.6 Å². The zero-order valence-electron chi connectivity index (χ0n) is 9.10. The topological polar surface area (TPSA) is 12.9 Å². The quantitative estimate of drug-likeness (QED) is 0.598. The summed E-state index contributed by atoms with van der Waals surface area (Å²) in [4.78, 5) is 4.48. The monoisotopic (exact) mass is 331 g/mol. The lowest BCUT2D eigenvalue weighted by Crippen LogP contribution is -1.82. The lowest BCUT2D eigenvalue weighted by molar-refractivity contribution is 1.41. The van der Waals surface area contributed by atoms with Gasteiger partial charge in [0.15, 0.2) is 0 Å². The Hall–Kier alpha value is -1.42. The molecule has 1 nitrogen and oxygen atoms in total. The minimum Gasteiger partial charge on any atom is -0.256 e. The first-order valence-corrected chi connectivity index (χ1v) is 6.51. The summed E-state index contributed by atoms with van der Waals surface area (Å²) >= 11 is 2.31. The Morgan fingerprint density at radius 2 is 1.59 bits per heavy atom. The Morgan fingerprint density at radius 3 is 2.41 bits per heavy atom. The van der Waals surface area contributed by atoms with Gasteiger partial charge in [0.05, 0.1) is 5.52 Å². The molecule has 2 heteroatoms. The maximum absolute atomic E-state index is 4.48. The summed E-state index contributed by atoms with van der Waals surface area (Å²) < 4.78 is 1.25. The van der Waals surface area contributed by atoms with Crippen molar-refractivity contribution in [3.63, 3.8) is 0 Å². The van der Waals surface area contributed by atoms with Crippen molar-refractivity contribution in [1.82, 2.24) is 4.98 Å². The molecular formula is C15H10IN. The maximum atomic E-state index is 4.48. The summed E-state index contributed by atoms with van der Waals surface area (Å²) in [6.45, 7) is 0. The van der Waals surface area contributed by atoms with Crippen LogP contribution in [0.1, 0.15) is 0 Å². The van der Waals surface area contributed by atoms with Gasteiger partial charge in [0.1, 0.15) is 0 Å². The second kappa shape index (κ2) is 4.45. The van der Waals surface area contributed by atoms with E-state index in [0.717, 1.165) is 5.52 Å². The number of para-hydroxylation sites is 1. The SMILES string of the molecule is Ic1ccc(-c2cnc3ccccc3c2)cc1. The lowest BCUT2D eigenvalue weighted by Gasteiger charge is -2.03. The summed E-state index contributed by atoms with van der Waals surface area (Å²) in [7, 11) is 0. The first-order chi connectivity index (χ1) is 8.33. The van der Waals surface area contributed by atoms with Crippen molar-refractivity contribution in [1.29, 1.82) is 0 Å². The molecular weight excluding hydrogens is 321 g/mol. The summed E-state index contributed by atoms with van der Waals surface area (Å²) in [5.74, 6) is 0. The van der Waals surface area contributed by atoms with Gasteiger partial charge in [-0.2, -0.15) is 0 Å². The third-order valence-corrected chi connectivity index (χ3v) is 3.49. The highest BCUT2D eigenvalue weighted by molar-refractivity contribution is 14.1. The van der Waals surface area contributed by atoms with E-state index in [-0.39, 0.29) is 0 Å². The molecule has 0 aliphatic heterocycles. The average Bonchev–Trinajstić information content (AvgIpc) is 2.39. The van der Waals surface area contributed by atoms with E-state index < -0.39 is 0 Å². The molecule has 1 heterocycles. The fourth-order valence-electron chi connectivity index (χ4n) is 1.87. The molecule has 82 valence electrons. The molecule has 0 amide bonds. The molecule has 0 saturated carbocycles. The van der Waals surface area contributed by atoms with E-state index in [0.29, 0.717) is 0 Å². The Kier molecular flexibility index (Phi) is 2.81. The maximum Gasteiger partial charge on any atom is 0.0702 e. The number of aromatic nitrogens is 1. The van der Waals surface area contributed by atoms with Gasteiger partial charge < -0.3 is 0 Å². The van der Waals surface area contributed by atoms with Crippen molar-refractivity contribution >= 4 is 33.5 Å². The molecule has 0 atom stereocenters. The van der Waals surface area contributed by atoms with Gasteiger partial charge in [-0.1, -0.05) is 30.3 Å². The van der Waals surface area contributed by atoms with Crippen LogP contribution in [-0.2, 0) is 0 Å². The Labute approximate surface area is 114 Å². The summed E-state index contributed by atoms with van der Waals surface area (Å²) in [5.41, 5.74) is 3.42. The number of hydrogen-bond donors (Lipinski definition) is 0. The van der Waals surface area contributed by atoms with Gasteiger partial charge in [0, 0.05) is 20.7 Å². The summed E-state index contributed by atoms with van der Waals surface area (Å²) in [6.07, 6.45) is 1.94. The van der Waals surface area contributed by atoms with Crippen molar-refractivity contribution in [3.8, 4) is 11.1 Å². The molecule has 0 radical (unpaired) electrons. The second-order valence-corrected chi connectivity index (χ2v) is 5.17. The van der Waals surface area contributed by atoms with E-state index >= 15 is 0 Å². The largest absolute Gasteiger partial charge is 0.256 e. The van der Waals surface area contributed by atoms with Gasteiger partial charge in [-0.15, -0.1) is 0 Å². The molecule has 0 fully saturated rings. The molecule has 3 aromatic rings. The number of halogens is 1. The molecule has 0 saturated heterocycles. The molecule has 17 heavy (non-hydrogen) atoms. The number of hydrogen-bond acceptors (Lipinski definition) is 1. The predicted octanol–water partition coefficient (Wildman–Crippen LogP) is 4.51. The normalized spacial score (nSPS) is 10.6. The van der Waals surface area contributed by atoms with Crippen LogP contribution in [0.25, 0.3) is 22.0 Å². The smallest absolute Gasteiger partial charge is 0.0702 e. The summed E-state index contributed by atoms with van der Waals surface area (Å²) in [6, 6.07) is 18.9. The molecule has 0 aliphatic carbocycles. The van der Waals surface area contributed by atoms with E-state index in [1.165, 1.54) is 20.1 Å². The average molecular weight is 331 g/mol. The first-order valence-electron chi connectivity index (χ1n) is 5.44. The predicted molar refractivity (Wildman–Crippen MR) is 79.9 cm³/mol. The highest BCUT2D eigenvalue weighted by atomic mass is 127. The van der Waals surface area contributed by atoms with Crippen LogP contribution in [-0.4, -0.2) is 4.98 Å². The molecule has 1 aromatic heterocycles. The minimum absolute atomic E-state index is 1.04. The Bertz CT molecular complexity index is 659. The number of rotatable bonds is 1. The van der Waals surface area contributed by atoms with Crippen LogP contribution in [0.2, 0.25) is 0 Å². The van der Waals surface area contributed by atoms with Gasteiger partial charge in [0.25, 0.3) is 0 Å². The molecule has 0 spiro atoms. The third-order valence-electron chi connectivity index (χ3n) is 2.77. The molecule has 0 unspecified atom stereocenters. The fraction of sp³-hybridized carbons (Fsp3) is 0. The van der Waals surface area contributed by atoms with Gasteiger partial charge in [-0.3, -0.25) is 4.98 Å². The van der Waals surface area contributed by atoms with E-state index in [1.54, 1.807) is 0 Å². The molecule has 3 rings (SSSR count). The number of benzene rings is 2. The standard InChI is InChI=1S/C15H10IN/c16-14-7-5-11(6-8-14)13-9-12-3-1-2-4-15(12)17-10-13/h1-10H. The van der Waals surface area contributed by atoms with E-state index in [4.69, 9.17) is 0 Å². The van der Waals surface area contributed by atoms with Crippen LogP contribution in [0.5, 0.6) is 0 Å². The van der Waals surface area contributed by atoms with Crippen LogP contribution in [0.15, 0.2) is 60.8 Å². The highest BCUT2D eigenvalue weighted by Gasteiger charge is 2.00. The Balaban J connectivity index is 2.14. The highest BCUT2D eigenvalue weighted by Crippen LogP contribution is 2.23.